The minimum absolute atomic E-state index is 0.0941. The van der Waals surface area contributed by atoms with Gasteiger partial charge in [-0.15, -0.1) is 5.10 Å². The van der Waals surface area contributed by atoms with Gasteiger partial charge in [0.15, 0.2) is 0 Å². The highest BCUT2D eigenvalue weighted by atomic mass is 32.1. The summed E-state index contributed by atoms with van der Waals surface area (Å²) in [6.45, 7) is 7.75. The fourth-order valence-electron chi connectivity index (χ4n) is 3.17. The number of aryl methyl sites for hydroxylation is 2. The van der Waals surface area contributed by atoms with E-state index in [1.54, 1.807) is 6.07 Å². The fourth-order valence-corrected chi connectivity index (χ4v) is 4.95. The Morgan fingerprint density at radius 3 is 2.56 bits per heavy atom. The number of anilines is 2. The molecule has 0 spiro atoms. The van der Waals surface area contributed by atoms with Gasteiger partial charge in [0.05, 0.1) is 0 Å². The van der Waals surface area contributed by atoms with Crippen molar-refractivity contribution in [2.45, 2.75) is 39.5 Å². The fraction of sp³-hybridized carbons (Fsp3) is 0.588. The Bertz CT molecular complexity index is 979. The van der Waals surface area contributed by atoms with Crippen LogP contribution in [0, 0.1) is 0 Å². The van der Waals surface area contributed by atoms with Crippen LogP contribution in [-0.2, 0) is 12.8 Å². The Kier molecular flexibility index (Phi) is 5.35. The van der Waals surface area contributed by atoms with E-state index >= 15 is 0 Å². The van der Waals surface area contributed by atoms with Crippen molar-refractivity contribution in [2.75, 3.05) is 36.0 Å². The van der Waals surface area contributed by atoms with Crippen molar-refractivity contribution in [3.8, 4) is 0 Å². The SMILES string of the molecule is CCCc1cc(=O)n2nc(N3CCCN(c4nc(CC)ns4)CC3)sc2n1. The van der Waals surface area contributed by atoms with Crippen LogP contribution in [-0.4, -0.2) is 50.1 Å². The van der Waals surface area contributed by atoms with Crippen molar-refractivity contribution in [3.63, 3.8) is 0 Å². The molecule has 144 valence electrons. The van der Waals surface area contributed by atoms with Gasteiger partial charge in [-0.25, -0.2) is 9.97 Å². The molecule has 27 heavy (non-hydrogen) atoms. The van der Waals surface area contributed by atoms with Gasteiger partial charge in [-0.05, 0) is 12.8 Å². The van der Waals surface area contributed by atoms with Gasteiger partial charge in [-0.3, -0.25) is 4.79 Å². The summed E-state index contributed by atoms with van der Waals surface area (Å²) in [5.74, 6) is 0.913. The third-order valence-corrected chi connectivity index (χ3v) is 6.39. The van der Waals surface area contributed by atoms with E-state index in [9.17, 15) is 4.79 Å². The lowest BCUT2D eigenvalue weighted by Gasteiger charge is -2.20. The molecule has 0 saturated carbocycles. The lowest BCUT2D eigenvalue weighted by molar-refractivity contribution is 0.781. The van der Waals surface area contributed by atoms with Crippen LogP contribution < -0.4 is 15.4 Å². The monoisotopic (exact) mass is 405 g/mol. The summed E-state index contributed by atoms with van der Waals surface area (Å²) < 4.78 is 5.83. The molecular weight excluding hydrogens is 382 g/mol. The van der Waals surface area contributed by atoms with Crippen LogP contribution in [0.1, 0.15) is 38.2 Å². The molecule has 1 saturated heterocycles. The molecule has 0 unspecified atom stereocenters. The predicted molar refractivity (Wildman–Crippen MR) is 109 cm³/mol. The molecule has 0 aliphatic carbocycles. The van der Waals surface area contributed by atoms with Gasteiger partial charge in [0.2, 0.25) is 15.2 Å². The van der Waals surface area contributed by atoms with Gasteiger partial charge in [0, 0.05) is 55.9 Å². The van der Waals surface area contributed by atoms with E-state index in [2.05, 4.69) is 43.1 Å². The zero-order valence-corrected chi connectivity index (χ0v) is 17.2. The van der Waals surface area contributed by atoms with Gasteiger partial charge >= 0.3 is 0 Å². The van der Waals surface area contributed by atoms with E-state index < -0.39 is 0 Å². The van der Waals surface area contributed by atoms with E-state index in [1.807, 2.05) is 0 Å². The average Bonchev–Trinajstić information content (AvgIpc) is 3.24. The molecule has 0 amide bonds. The van der Waals surface area contributed by atoms with Crippen molar-refractivity contribution in [1.29, 1.82) is 0 Å². The van der Waals surface area contributed by atoms with Gasteiger partial charge in [0.25, 0.3) is 5.56 Å². The molecule has 0 aromatic carbocycles. The third kappa shape index (κ3) is 3.81. The van der Waals surface area contributed by atoms with E-state index in [1.165, 1.54) is 27.4 Å². The second kappa shape index (κ2) is 7.89. The van der Waals surface area contributed by atoms with Crippen molar-refractivity contribution in [3.05, 3.63) is 27.9 Å². The van der Waals surface area contributed by atoms with Gasteiger partial charge in [-0.2, -0.15) is 8.89 Å². The maximum Gasteiger partial charge on any atom is 0.275 e. The Balaban J connectivity index is 1.53. The minimum Gasteiger partial charge on any atom is -0.345 e. The smallest absolute Gasteiger partial charge is 0.275 e. The summed E-state index contributed by atoms with van der Waals surface area (Å²) in [5, 5.41) is 6.40. The molecule has 10 heteroatoms. The van der Waals surface area contributed by atoms with E-state index in [-0.39, 0.29) is 5.56 Å². The van der Waals surface area contributed by atoms with E-state index in [4.69, 9.17) is 0 Å². The van der Waals surface area contributed by atoms with Crippen molar-refractivity contribution in [1.82, 2.24) is 24.0 Å². The molecule has 0 N–H and O–H groups in total. The summed E-state index contributed by atoms with van der Waals surface area (Å²) in [6, 6.07) is 1.60. The third-order valence-electron chi connectivity index (χ3n) is 4.60. The molecule has 3 aromatic rings. The zero-order chi connectivity index (χ0) is 18.8. The molecule has 0 bridgehead atoms. The van der Waals surface area contributed by atoms with E-state index in [0.29, 0.717) is 4.96 Å². The second-order valence-corrected chi connectivity index (χ2v) is 8.25. The molecule has 3 aromatic heterocycles. The highest BCUT2D eigenvalue weighted by Crippen LogP contribution is 2.25. The maximum absolute atomic E-state index is 12.3. The Labute approximate surface area is 165 Å². The number of rotatable bonds is 5. The first kappa shape index (κ1) is 18.3. The van der Waals surface area contributed by atoms with Crippen LogP contribution in [0.3, 0.4) is 0 Å². The van der Waals surface area contributed by atoms with Crippen LogP contribution in [0.4, 0.5) is 10.3 Å². The largest absolute Gasteiger partial charge is 0.345 e. The molecule has 8 nitrogen and oxygen atoms in total. The summed E-state index contributed by atoms with van der Waals surface area (Å²) >= 11 is 2.97. The number of fused-ring (bicyclic) bond motifs is 1. The first-order valence-corrected chi connectivity index (χ1v) is 11.0. The number of hydrogen-bond donors (Lipinski definition) is 0. The predicted octanol–water partition coefficient (Wildman–Crippen LogP) is 2.23. The van der Waals surface area contributed by atoms with Crippen molar-refractivity contribution < 1.29 is 0 Å². The van der Waals surface area contributed by atoms with Gasteiger partial charge < -0.3 is 9.80 Å². The molecule has 0 radical (unpaired) electrons. The quantitative estimate of drug-likeness (QED) is 0.644. The van der Waals surface area contributed by atoms with Crippen LogP contribution in [0.15, 0.2) is 10.9 Å². The van der Waals surface area contributed by atoms with Crippen molar-refractivity contribution >= 4 is 38.1 Å². The first-order chi connectivity index (χ1) is 13.2. The normalized spacial score (nSPS) is 15.5. The summed E-state index contributed by atoms with van der Waals surface area (Å²) in [4.78, 5) is 26.8. The number of aromatic nitrogens is 5. The molecule has 1 fully saturated rings. The average molecular weight is 406 g/mol. The van der Waals surface area contributed by atoms with E-state index in [0.717, 1.165) is 73.6 Å². The first-order valence-electron chi connectivity index (χ1n) is 9.40. The summed E-state index contributed by atoms with van der Waals surface area (Å²) in [7, 11) is 0. The molecular formula is C17H23N7OS2. The molecule has 1 aliphatic rings. The molecule has 4 rings (SSSR count). The van der Waals surface area contributed by atoms with Crippen LogP contribution in [0.25, 0.3) is 4.96 Å². The minimum atomic E-state index is -0.0941. The molecule has 4 heterocycles. The number of nitrogens with zero attached hydrogens (tertiary/aromatic N) is 7. The van der Waals surface area contributed by atoms with Crippen LogP contribution in [0.2, 0.25) is 0 Å². The zero-order valence-electron chi connectivity index (χ0n) is 15.6. The Hall–Kier alpha value is -2.07. The summed E-state index contributed by atoms with van der Waals surface area (Å²) in [6.07, 6.45) is 3.67. The van der Waals surface area contributed by atoms with Crippen LogP contribution >= 0.6 is 22.9 Å². The Morgan fingerprint density at radius 1 is 1.07 bits per heavy atom. The van der Waals surface area contributed by atoms with Crippen molar-refractivity contribution in [2.24, 2.45) is 0 Å². The molecule has 0 atom stereocenters. The van der Waals surface area contributed by atoms with Gasteiger partial charge in [0.1, 0.15) is 5.82 Å². The summed E-state index contributed by atoms with van der Waals surface area (Å²) in [5.41, 5.74) is 0.756. The lowest BCUT2D eigenvalue weighted by atomic mass is 10.2. The maximum atomic E-state index is 12.3. The highest BCUT2D eigenvalue weighted by Gasteiger charge is 2.21. The molecule has 1 aliphatic heterocycles. The highest BCUT2D eigenvalue weighted by molar-refractivity contribution is 7.20. The van der Waals surface area contributed by atoms with Crippen LogP contribution in [0.5, 0.6) is 0 Å². The lowest BCUT2D eigenvalue weighted by Crippen LogP contribution is -2.30. The topological polar surface area (TPSA) is 79.5 Å². The second-order valence-electron chi connectivity index (χ2n) is 6.59. The number of hydrogen-bond acceptors (Lipinski definition) is 9. The Morgan fingerprint density at radius 2 is 1.85 bits per heavy atom. The van der Waals surface area contributed by atoms with Gasteiger partial charge in [-0.1, -0.05) is 31.6 Å². The standard InChI is InChI=1S/C17H23N7OS2/c1-3-6-12-11-14(25)24-16(18-12)26-17(20-24)23-8-5-7-22(9-10-23)15-19-13(4-2)21-27-15/h11H,3-10H2,1-2H3.